The summed E-state index contributed by atoms with van der Waals surface area (Å²) in [4.78, 5) is 10.8. The van der Waals surface area contributed by atoms with Gasteiger partial charge in [0.05, 0.1) is 0 Å². The molecule has 2 heteroatoms. The van der Waals surface area contributed by atoms with Gasteiger partial charge in [-0.2, -0.15) is 0 Å². The van der Waals surface area contributed by atoms with Gasteiger partial charge in [-0.1, -0.05) is 12.1 Å². The Morgan fingerprint density at radius 2 is 2.15 bits per heavy atom. The lowest BCUT2D eigenvalue weighted by atomic mass is 10.1. The van der Waals surface area contributed by atoms with E-state index in [1.807, 2.05) is 18.2 Å². The maximum absolute atomic E-state index is 10.8. The van der Waals surface area contributed by atoms with Gasteiger partial charge in [-0.15, -0.1) is 0 Å². The van der Waals surface area contributed by atoms with Gasteiger partial charge < -0.3 is 5.32 Å². The second kappa shape index (κ2) is 3.21. The molecule has 2 rings (SSSR count). The van der Waals surface area contributed by atoms with E-state index in [1.54, 1.807) is 0 Å². The average molecular weight is 174 g/mol. The Morgan fingerprint density at radius 3 is 2.77 bits per heavy atom. The summed E-state index contributed by atoms with van der Waals surface area (Å²) in [7, 11) is 0. The normalized spacial score (nSPS) is 15.5. The van der Waals surface area contributed by atoms with E-state index in [4.69, 9.17) is 0 Å². The fourth-order valence-electron chi connectivity index (χ4n) is 1.37. The molecule has 1 aliphatic rings. The molecule has 1 N–H and O–H groups in total. The van der Waals surface area contributed by atoms with Crippen molar-refractivity contribution in [3.05, 3.63) is 35.7 Å². The highest BCUT2D eigenvalue weighted by molar-refractivity contribution is 5.88. The summed E-state index contributed by atoms with van der Waals surface area (Å²) in [6.07, 6.45) is 2.42. The predicted molar refractivity (Wildman–Crippen MR) is 52.3 cm³/mol. The van der Waals surface area contributed by atoms with Crippen LogP contribution in [0, 0.1) is 5.92 Å². The number of carbonyl (C=O) groups excluding carboxylic acids is 1. The van der Waals surface area contributed by atoms with Crippen LogP contribution in [-0.4, -0.2) is 5.91 Å². The van der Waals surface area contributed by atoms with Gasteiger partial charge in [0.1, 0.15) is 0 Å². The van der Waals surface area contributed by atoms with E-state index in [-0.39, 0.29) is 5.91 Å². The van der Waals surface area contributed by atoms with Crippen molar-refractivity contribution in [1.29, 1.82) is 0 Å². The standard InChI is InChI=1S/C11H12NO/c1-8(13)12-11-4-2-3-10(7-11)9-5-6-9/h2-4,7H,5-6H2,1H3,(H,12,13). The number of amides is 1. The van der Waals surface area contributed by atoms with Crippen molar-refractivity contribution >= 4 is 11.6 Å². The van der Waals surface area contributed by atoms with E-state index >= 15 is 0 Å². The Labute approximate surface area is 78.0 Å². The second-order valence-electron chi connectivity index (χ2n) is 3.37. The molecule has 1 amide bonds. The zero-order chi connectivity index (χ0) is 9.26. The number of hydrogen-bond acceptors (Lipinski definition) is 1. The zero-order valence-electron chi connectivity index (χ0n) is 7.63. The van der Waals surface area contributed by atoms with Gasteiger partial charge in [-0.25, -0.2) is 0 Å². The average Bonchev–Trinajstić information content (AvgIpc) is 2.85. The molecule has 0 unspecified atom stereocenters. The Kier molecular flexibility index (Phi) is 2.05. The molecule has 2 nitrogen and oxygen atoms in total. The summed E-state index contributed by atoms with van der Waals surface area (Å²) in [5.41, 5.74) is 2.16. The largest absolute Gasteiger partial charge is 0.326 e. The van der Waals surface area contributed by atoms with Gasteiger partial charge in [0.2, 0.25) is 5.91 Å². The van der Waals surface area contributed by atoms with Crippen LogP contribution in [0.15, 0.2) is 24.3 Å². The first-order valence-corrected chi connectivity index (χ1v) is 4.48. The first kappa shape index (κ1) is 8.30. The minimum atomic E-state index is -0.0158. The maximum Gasteiger partial charge on any atom is 0.221 e. The summed E-state index contributed by atoms with van der Waals surface area (Å²) in [5.74, 6) is 1.48. The van der Waals surface area contributed by atoms with Gasteiger partial charge in [0, 0.05) is 18.5 Å². The first-order chi connectivity index (χ1) is 6.25. The molecule has 0 heterocycles. The third kappa shape index (κ3) is 2.08. The lowest BCUT2D eigenvalue weighted by molar-refractivity contribution is -0.114. The molecule has 0 aromatic heterocycles. The number of carbonyl (C=O) groups is 1. The molecule has 0 aliphatic heterocycles. The maximum atomic E-state index is 10.8. The third-order valence-electron chi connectivity index (χ3n) is 2.09. The molecule has 1 radical (unpaired) electrons. The molecule has 0 spiro atoms. The minimum Gasteiger partial charge on any atom is -0.326 e. The van der Waals surface area contributed by atoms with Crippen LogP contribution in [0.4, 0.5) is 5.69 Å². The van der Waals surface area contributed by atoms with Crippen LogP contribution in [0.25, 0.3) is 0 Å². The van der Waals surface area contributed by atoms with Gasteiger partial charge in [0.15, 0.2) is 0 Å². The molecule has 1 saturated carbocycles. The lowest BCUT2D eigenvalue weighted by Crippen LogP contribution is -2.05. The van der Waals surface area contributed by atoms with Crippen molar-refractivity contribution in [3.63, 3.8) is 0 Å². The van der Waals surface area contributed by atoms with Crippen molar-refractivity contribution in [3.8, 4) is 0 Å². The Hall–Kier alpha value is -1.31. The highest BCUT2D eigenvalue weighted by Crippen LogP contribution is 2.39. The predicted octanol–water partition coefficient (Wildman–Crippen LogP) is 2.36. The molecule has 13 heavy (non-hydrogen) atoms. The van der Waals surface area contributed by atoms with E-state index in [0.717, 1.165) is 5.69 Å². The molecule has 0 bridgehead atoms. The molecule has 67 valence electrons. The van der Waals surface area contributed by atoms with E-state index in [1.165, 1.54) is 31.2 Å². The Balaban J connectivity index is 2.16. The van der Waals surface area contributed by atoms with Crippen molar-refractivity contribution < 1.29 is 4.79 Å². The van der Waals surface area contributed by atoms with Crippen molar-refractivity contribution in [1.82, 2.24) is 0 Å². The molecule has 0 atom stereocenters. The van der Waals surface area contributed by atoms with Crippen LogP contribution in [0.3, 0.4) is 0 Å². The van der Waals surface area contributed by atoms with Crippen molar-refractivity contribution in [2.75, 3.05) is 5.32 Å². The highest BCUT2D eigenvalue weighted by Gasteiger charge is 2.24. The van der Waals surface area contributed by atoms with E-state index in [9.17, 15) is 4.79 Å². The lowest BCUT2D eigenvalue weighted by Gasteiger charge is -2.03. The van der Waals surface area contributed by atoms with Gasteiger partial charge in [-0.3, -0.25) is 4.79 Å². The third-order valence-corrected chi connectivity index (χ3v) is 2.09. The fourth-order valence-corrected chi connectivity index (χ4v) is 1.37. The Bertz CT molecular complexity index is 329. The summed E-state index contributed by atoms with van der Waals surface area (Å²) < 4.78 is 0. The molecule has 1 aromatic carbocycles. The van der Waals surface area contributed by atoms with Gasteiger partial charge in [0.25, 0.3) is 0 Å². The molecular weight excluding hydrogens is 162 g/mol. The number of rotatable bonds is 2. The summed E-state index contributed by atoms with van der Waals surface area (Å²) in [6.45, 7) is 1.52. The van der Waals surface area contributed by atoms with Gasteiger partial charge in [-0.05, 0) is 30.5 Å². The molecule has 1 fully saturated rings. The SMILES string of the molecule is CC(=O)Nc1cccc([C]2CC2)c1. The monoisotopic (exact) mass is 174 g/mol. The van der Waals surface area contributed by atoms with Crippen LogP contribution in [0.2, 0.25) is 0 Å². The number of anilines is 1. The van der Waals surface area contributed by atoms with E-state index in [0.29, 0.717) is 0 Å². The zero-order valence-corrected chi connectivity index (χ0v) is 7.63. The van der Waals surface area contributed by atoms with Crippen molar-refractivity contribution in [2.45, 2.75) is 19.8 Å². The van der Waals surface area contributed by atoms with Crippen LogP contribution < -0.4 is 5.32 Å². The molecular formula is C11H12NO. The fraction of sp³-hybridized carbons (Fsp3) is 0.273. The van der Waals surface area contributed by atoms with E-state index < -0.39 is 0 Å². The minimum absolute atomic E-state index is 0.0158. The smallest absolute Gasteiger partial charge is 0.221 e. The highest BCUT2D eigenvalue weighted by atomic mass is 16.1. The molecule has 0 saturated heterocycles. The number of hydrogen-bond donors (Lipinski definition) is 1. The van der Waals surface area contributed by atoms with Crippen LogP contribution in [-0.2, 0) is 4.79 Å². The number of benzene rings is 1. The van der Waals surface area contributed by atoms with E-state index in [2.05, 4.69) is 11.4 Å². The van der Waals surface area contributed by atoms with Crippen LogP contribution in [0.5, 0.6) is 0 Å². The molecule has 1 aromatic rings. The van der Waals surface area contributed by atoms with Crippen LogP contribution >= 0.6 is 0 Å². The van der Waals surface area contributed by atoms with Crippen LogP contribution in [0.1, 0.15) is 25.3 Å². The Morgan fingerprint density at radius 1 is 1.38 bits per heavy atom. The summed E-state index contributed by atoms with van der Waals surface area (Å²) >= 11 is 0. The topological polar surface area (TPSA) is 29.1 Å². The first-order valence-electron chi connectivity index (χ1n) is 4.48. The van der Waals surface area contributed by atoms with Gasteiger partial charge >= 0.3 is 0 Å². The quantitative estimate of drug-likeness (QED) is 0.732. The second-order valence-corrected chi connectivity index (χ2v) is 3.37. The summed E-state index contributed by atoms with van der Waals surface area (Å²) in [5, 5.41) is 2.78. The molecule has 1 aliphatic carbocycles. The summed E-state index contributed by atoms with van der Waals surface area (Å²) in [6, 6.07) is 8.01. The number of nitrogens with one attached hydrogen (secondary N) is 1. The van der Waals surface area contributed by atoms with Crippen molar-refractivity contribution in [2.24, 2.45) is 0 Å².